The molecule has 0 radical (unpaired) electrons. The number of halogens is 1. The summed E-state index contributed by atoms with van der Waals surface area (Å²) in [7, 11) is -3.14. The van der Waals surface area contributed by atoms with Gasteiger partial charge in [0.1, 0.15) is 6.73 Å². The quantitative estimate of drug-likeness (QED) is 0.548. The molecule has 0 saturated carbocycles. The summed E-state index contributed by atoms with van der Waals surface area (Å²) in [5.74, 6) is 0. The zero-order valence-electron chi connectivity index (χ0n) is 12.8. The number of anilines is 2. The van der Waals surface area contributed by atoms with Crippen LogP contribution in [0.25, 0.3) is 0 Å². The van der Waals surface area contributed by atoms with Gasteiger partial charge in [0.15, 0.2) is 0 Å². The first-order valence-corrected chi connectivity index (χ1v) is 12.7. The highest BCUT2D eigenvalue weighted by Crippen LogP contribution is 2.41. The predicted octanol–water partition coefficient (Wildman–Crippen LogP) is 3.90. The topological polar surface area (TPSA) is 49.9 Å². The van der Waals surface area contributed by atoms with Gasteiger partial charge in [-0.3, -0.25) is 4.31 Å². The lowest BCUT2D eigenvalue weighted by Crippen LogP contribution is -2.37. The summed E-state index contributed by atoms with van der Waals surface area (Å²) in [6, 6.07) is 6.45. The van der Waals surface area contributed by atoms with E-state index in [0.717, 1.165) is 10.5 Å². The molecule has 0 spiro atoms. The molecule has 1 heterocycles. The molecule has 0 unspecified atom stereocenters. The van der Waals surface area contributed by atoms with Crippen LogP contribution in [0.5, 0.6) is 0 Å². The Hall–Kier alpha value is -0.573. The fraction of sp³-hybridized carbons (Fsp3) is 0.571. The van der Waals surface area contributed by atoms with E-state index in [1.54, 1.807) is 19.2 Å². The van der Waals surface area contributed by atoms with Gasteiger partial charge in [-0.05, 0) is 24.2 Å². The Bertz CT molecular complexity index is 631. The minimum atomic E-state index is -3.53. The van der Waals surface area contributed by atoms with E-state index in [0.29, 0.717) is 18.0 Å². The highest BCUT2D eigenvalue weighted by Gasteiger charge is 2.38. The third-order valence-electron chi connectivity index (χ3n) is 3.37. The average molecular weight is 409 g/mol. The molecule has 22 heavy (non-hydrogen) atoms. The van der Waals surface area contributed by atoms with Gasteiger partial charge < -0.3 is 4.74 Å². The van der Waals surface area contributed by atoms with Crippen LogP contribution in [-0.2, 0) is 14.9 Å². The Morgan fingerprint density at radius 2 is 1.86 bits per heavy atom. The molecule has 1 aliphatic rings. The fourth-order valence-corrected chi connectivity index (χ4v) is 4.42. The minimum Gasteiger partial charge on any atom is -0.360 e. The average Bonchev–Trinajstić information content (AvgIpc) is 2.54. The molecule has 1 aromatic carbocycles. The first kappa shape index (κ1) is 19.5. The number of fused-ring (bicyclic) bond motifs is 1. The van der Waals surface area contributed by atoms with Crippen LogP contribution in [0.1, 0.15) is 7.43 Å². The van der Waals surface area contributed by atoms with Gasteiger partial charge in [0.25, 0.3) is 0 Å². The van der Waals surface area contributed by atoms with Crippen molar-refractivity contribution in [3.05, 3.63) is 22.7 Å². The zero-order valence-corrected chi connectivity index (χ0v) is 16.2. The van der Waals surface area contributed by atoms with E-state index >= 15 is 0 Å². The van der Waals surface area contributed by atoms with Crippen molar-refractivity contribution in [2.45, 2.75) is 33.1 Å². The van der Waals surface area contributed by atoms with Crippen LogP contribution in [0.3, 0.4) is 0 Å². The Morgan fingerprint density at radius 3 is 2.45 bits per heavy atom. The molecule has 0 aromatic heterocycles. The summed E-state index contributed by atoms with van der Waals surface area (Å²) < 4.78 is 33.9. The normalized spacial score (nSPS) is 16.4. The van der Waals surface area contributed by atoms with Crippen LogP contribution in [0, 0.1) is 0 Å². The third kappa shape index (κ3) is 4.04. The lowest BCUT2D eigenvalue weighted by atomic mass is 10.2. The van der Waals surface area contributed by atoms with Crippen LogP contribution in [0.4, 0.5) is 11.4 Å². The van der Waals surface area contributed by atoms with Gasteiger partial charge in [0, 0.05) is 26.2 Å². The summed E-state index contributed by atoms with van der Waals surface area (Å²) >= 11 is 3.37. The molecule has 0 atom stereocenters. The van der Waals surface area contributed by atoms with Gasteiger partial charge in [-0.1, -0.05) is 43.0 Å². The van der Waals surface area contributed by atoms with E-state index in [2.05, 4.69) is 35.6 Å². The predicted molar refractivity (Wildman–Crippen MR) is 99.6 cm³/mol. The molecule has 1 aromatic rings. The van der Waals surface area contributed by atoms with E-state index in [1.807, 2.05) is 6.07 Å². The molecular formula is C14H25BrN2O3SSi. The monoisotopic (exact) mass is 408 g/mol. The standard InChI is InChI=1S/C13H21BrN2O3SSi.CH4/c1-15-13-9-11(14)5-6-12(13)16(20(15,17)18)10-19-7-8-21(2,3)4;/h5-6,9H,7-8,10H2,1-4H3;1H4. The van der Waals surface area contributed by atoms with Gasteiger partial charge in [0.2, 0.25) is 0 Å². The van der Waals surface area contributed by atoms with Crippen molar-refractivity contribution in [2.75, 3.05) is 29.0 Å². The van der Waals surface area contributed by atoms with Gasteiger partial charge >= 0.3 is 10.2 Å². The summed E-state index contributed by atoms with van der Waals surface area (Å²) in [5, 5.41) is 0. The van der Waals surface area contributed by atoms with E-state index in [9.17, 15) is 8.42 Å². The van der Waals surface area contributed by atoms with Gasteiger partial charge in [0.05, 0.1) is 11.4 Å². The number of ether oxygens (including phenoxy) is 1. The number of hydrogen-bond acceptors (Lipinski definition) is 3. The molecule has 0 bridgehead atoms. The lowest BCUT2D eigenvalue weighted by Gasteiger charge is -2.20. The lowest BCUT2D eigenvalue weighted by molar-refractivity contribution is 0.157. The Kier molecular flexibility index (Phi) is 6.11. The van der Waals surface area contributed by atoms with Crippen molar-refractivity contribution in [3.63, 3.8) is 0 Å². The highest BCUT2D eigenvalue weighted by molar-refractivity contribution is 9.10. The van der Waals surface area contributed by atoms with Crippen LogP contribution in [0.2, 0.25) is 25.7 Å². The number of hydrogen-bond donors (Lipinski definition) is 0. The summed E-state index contributed by atoms with van der Waals surface area (Å²) in [6.45, 7) is 7.46. The molecule has 2 rings (SSSR count). The first-order chi connectivity index (χ1) is 9.63. The summed E-state index contributed by atoms with van der Waals surface area (Å²) in [5.41, 5.74) is 1.33. The number of nitrogens with zero attached hydrogens (tertiary/aromatic N) is 2. The van der Waals surface area contributed by atoms with E-state index in [4.69, 9.17) is 4.74 Å². The van der Waals surface area contributed by atoms with E-state index < -0.39 is 18.3 Å². The van der Waals surface area contributed by atoms with Crippen molar-refractivity contribution >= 4 is 45.6 Å². The van der Waals surface area contributed by atoms with Crippen LogP contribution >= 0.6 is 15.9 Å². The molecule has 0 fully saturated rings. The Balaban J connectivity index is 0.00000242. The maximum Gasteiger partial charge on any atom is 0.328 e. The Morgan fingerprint density at radius 1 is 1.23 bits per heavy atom. The van der Waals surface area contributed by atoms with Crippen LogP contribution < -0.4 is 8.61 Å². The fourth-order valence-electron chi connectivity index (χ4n) is 2.02. The van der Waals surface area contributed by atoms with Crippen molar-refractivity contribution in [3.8, 4) is 0 Å². The van der Waals surface area contributed by atoms with E-state index in [1.165, 1.54) is 8.61 Å². The van der Waals surface area contributed by atoms with E-state index in [-0.39, 0.29) is 14.2 Å². The smallest absolute Gasteiger partial charge is 0.328 e. The minimum absolute atomic E-state index is 0. The summed E-state index contributed by atoms with van der Waals surface area (Å²) in [4.78, 5) is 0. The molecule has 0 amide bonds. The second-order valence-corrected chi connectivity index (χ2v) is 14.7. The SMILES string of the molecule is C.CN1c2cc(Br)ccc2N(COCC[Si](C)(C)C)S1(=O)=O. The molecule has 0 N–H and O–H groups in total. The van der Waals surface area contributed by atoms with Crippen molar-refractivity contribution in [1.29, 1.82) is 0 Å². The maximum atomic E-state index is 12.4. The Labute approximate surface area is 143 Å². The highest BCUT2D eigenvalue weighted by atomic mass is 79.9. The van der Waals surface area contributed by atoms with Crippen LogP contribution in [0.15, 0.2) is 22.7 Å². The molecule has 0 saturated heterocycles. The molecule has 5 nitrogen and oxygen atoms in total. The maximum absolute atomic E-state index is 12.4. The first-order valence-electron chi connectivity index (χ1n) is 6.77. The van der Waals surface area contributed by atoms with Crippen LogP contribution in [-0.4, -0.2) is 36.9 Å². The van der Waals surface area contributed by atoms with Crippen molar-refractivity contribution in [1.82, 2.24) is 0 Å². The third-order valence-corrected chi connectivity index (χ3v) is 7.32. The zero-order chi connectivity index (χ0) is 15.8. The van der Waals surface area contributed by atoms with Crippen molar-refractivity contribution < 1.29 is 13.2 Å². The second kappa shape index (κ2) is 6.90. The second-order valence-electron chi connectivity index (χ2n) is 6.30. The molecule has 126 valence electrons. The van der Waals surface area contributed by atoms with Gasteiger partial charge in [-0.15, -0.1) is 0 Å². The largest absolute Gasteiger partial charge is 0.360 e. The number of rotatable bonds is 5. The van der Waals surface area contributed by atoms with Gasteiger partial charge in [-0.25, -0.2) is 4.31 Å². The molecule has 0 aliphatic carbocycles. The molecule has 8 heteroatoms. The molecule has 1 aliphatic heterocycles. The van der Waals surface area contributed by atoms with Gasteiger partial charge in [-0.2, -0.15) is 8.42 Å². The summed E-state index contributed by atoms with van der Waals surface area (Å²) in [6.07, 6.45) is 0. The van der Waals surface area contributed by atoms with Crippen molar-refractivity contribution in [2.24, 2.45) is 0 Å². The molecular weight excluding hydrogens is 384 g/mol. The number of benzene rings is 1.